The van der Waals surface area contributed by atoms with Crippen molar-refractivity contribution in [2.75, 3.05) is 46.6 Å². The molecule has 2 aliphatic heterocycles. The molecule has 2 aliphatic rings. The summed E-state index contributed by atoms with van der Waals surface area (Å²) >= 11 is 0. The zero-order valence-corrected chi connectivity index (χ0v) is 35.2. The van der Waals surface area contributed by atoms with Crippen molar-refractivity contribution < 1.29 is 47.6 Å². The van der Waals surface area contributed by atoms with Crippen molar-refractivity contribution in [2.45, 2.75) is 206 Å². The summed E-state index contributed by atoms with van der Waals surface area (Å²) in [6, 6.07) is 0. The zero-order valence-electron chi connectivity index (χ0n) is 35.2. The monoisotopic (exact) mass is 782 g/mol. The van der Waals surface area contributed by atoms with Crippen molar-refractivity contribution in [1.82, 2.24) is 4.90 Å². The predicted molar refractivity (Wildman–Crippen MR) is 214 cm³/mol. The van der Waals surface area contributed by atoms with Crippen LogP contribution in [0, 0.1) is 5.92 Å². The van der Waals surface area contributed by atoms with Gasteiger partial charge in [-0.25, -0.2) is 9.59 Å². The van der Waals surface area contributed by atoms with Crippen molar-refractivity contribution in [1.29, 1.82) is 0 Å². The number of carbonyl (C=O) groups is 4. The Hall–Kier alpha value is -2.24. The lowest BCUT2D eigenvalue weighted by atomic mass is 9.95. The molecule has 11 nitrogen and oxygen atoms in total. The standard InChI is InChI=1S/C44H79NO10/c1-4-6-8-10-16-22-31-50-38(46)28-20-14-12-18-24-33-52-43(48)41-42(55-40(54-41)35-37-27-26-30-45(3)36-37)44(49)53-34-25-19-13-15-21-29-39(47)51-32-23-17-11-9-7-5-2/h37,40-42H,4-36H2,1-3H3. The average Bonchev–Trinajstić information content (AvgIpc) is 3.60. The minimum Gasteiger partial charge on any atom is -0.466 e. The molecule has 0 amide bonds. The van der Waals surface area contributed by atoms with E-state index in [0.29, 0.717) is 51.2 Å². The van der Waals surface area contributed by atoms with Crippen LogP contribution in [-0.2, 0) is 47.6 Å². The van der Waals surface area contributed by atoms with Gasteiger partial charge in [0.25, 0.3) is 0 Å². The first-order valence-electron chi connectivity index (χ1n) is 22.5. The van der Waals surface area contributed by atoms with Gasteiger partial charge in [0, 0.05) is 25.8 Å². The summed E-state index contributed by atoms with van der Waals surface area (Å²) in [5.74, 6) is -1.06. The SMILES string of the molecule is CCCCCCCCOC(=O)CCCCCCCOC(=O)C1OC(CC2CCCN(C)C2)OC1C(=O)OCCCCCCCC(=O)OCCCCCCCC. The fraction of sp³-hybridized carbons (Fsp3) is 0.909. The lowest BCUT2D eigenvalue weighted by Gasteiger charge is -2.30. The first kappa shape index (κ1) is 48.9. The summed E-state index contributed by atoms with van der Waals surface area (Å²) in [4.78, 5) is 52.6. The van der Waals surface area contributed by atoms with Gasteiger partial charge in [0.2, 0.25) is 0 Å². The van der Waals surface area contributed by atoms with E-state index in [4.69, 9.17) is 28.4 Å². The summed E-state index contributed by atoms with van der Waals surface area (Å²) in [7, 11) is 2.10. The zero-order chi connectivity index (χ0) is 39.8. The topological polar surface area (TPSA) is 127 Å². The maximum atomic E-state index is 13.2. The van der Waals surface area contributed by atoms with Crippen LogP contribution in [-0.4, -0.2) is 93.8 Å². The summed E-state index contributed by atoms with van der Waals surface area (Å²) in [6.07, 6.45) is 23.1. The number of esters is 4. The van der Waals surface area contributed by atoms with Gasteiger partial charge in [0.1, 0.15) is 0 Å². The molecule has 0 radical (unpaired) electrons. The van der Waals surface area contributed by atoms with E-state index in [0.717, 1.165) is 103 Å². The third kappa shape index (κ3) is 24.9. The average molecular weight is 782 g/mol. The molecule has 2 saturated heterocycles. The number of rotatable bonds is 34. The molecule has 2 heterocycles. The number of hydrogen-bond acceptors (Lipinski definition) is 11. The second kappa shape index (κ2) is 32.8. The second-order valence-electron chi connectivity index (χ2n) is 15.9. The Morgan fingerprint density at radius 2 is 0.909 bits per heavy atom. The van der Waals surface area contributed by atoms with E-state index < -0.39 is 30.4 Å². The van der Waals surface area contributed by atoms with Crippen LogP contribution in [0.4, 0.5) is 0 Å². The molecule has 0 aliphatic carbocycles. The smallest absolute Gasteiger partial charge is 0.338 e. The van der Waals surface area contributed by atoms with Crippen molar-refractivity contribution in [2.24, 2.45) is 5.92 Å². The predicted octanol–water partition coefficient (Wildman–Crippen LogP) is 9.40. The minimum absolute atomic E-state index is 0.118. The molecule has 0 aromatic heterocycles. The molecule has 55 heavy (non-hydrogen) atoms. The summed E-state index contributed by atoms with van der Waals surface area (Å²) < 4.78 is 33.9. The van der Waals surface area contributed by atoms with Crippen LogP contribution < -0.4 is 0 Å². The van der Waals surface area contributed by atoms with E-state index in [1.54, 1.807) is 0 Å². The van der Waals surface area contributed by atoms with E-state index in [-0.39, 0.29) is 25.2 Å². The number of hydrogen-bond donors (Lipinski definition) is 0. The number of piperidine rings is 1. The maximum Gasteiger partial charge on any atom is 0.338 e. The Kier molecular flexibility index (Phi) is 29.2. The molecule has 0 aromatic carbocycles. The lowest BCUT2D eigenvalue weighted by Crippen LogP contribution is -2.39. The molecule has 0 bridgehead atoms. The van der Waals surface area contributed by atoms with Crippen molar-refractivity contribution in [3.05, 3.63) is 0 Å². The highest BCUT2D eigenvalue weighted by Crippen LogP contribution is 2.29. The highest BCUT2D eigenvalue weighted by Gasteiger charge is 2.47. The maximum absolute atomic E-state index is 13.2. The van der Waals surface area contributed by atoms with Crippen LogP contribution >= 0.6 is 0 Å². The minimum atomic E-state index is -1.15. The van der Waals surface area contributed by atoms with E-state index in [9.17, 15) is 19.2 Å². The van der Waals surface area contributed by atoms with Gasteiger partial charge in [0.15, 0.2) is 18.5 Å². The van der Waals surface area contributed by atoms with Gasteiger partial charge in [-0.2, -0.15) is 0 Å². The Morgan fingerprint density at radius 3 is 1.33 bits per heavy atom. The van der Waals surface area contributed by atoms with Crippen LogP contribution in [0.15, 0.2) is 0 Å². The molecule has 2 fully saturated rings. The Morgan fingerprint density at radius 1 is 0.527 bits per heavy atom. The number of nitrogens with zero attached hydrogens (tertiary/aromatic N) is 1. The largest absolute Gasteiger partial charge is 0.466 e. The van der Waals surface area contributed by atoms with Crippen molar-refractivity contribution >= 4 is 23.9 Å². The molecular weight excluding hydrogens is 702 g/mol. The quantitative estimate of drug-likeness (QED) is 0.0352. The van der Waals surface area contributed by atoms with Gasteiger partial charge < -0.3 is 33.3 Å². The Balaban J connectivity index is 1.61. The van der Waals surface area contributed by atoms with Crippen molar-refractivity contribution in [3.63, 3.8) is 0 Å². The van der Waals surface area contributed by atoms with Crippen molar-refractivity contribution in [3.8, 4) is 0 Å². The molecule has 11 heteroatoms. The molecule has 3 atom stereocenters. The molecule has 320 valence electrons. The normalized spacial score (nSPS) is 20.0. The van der Waals surface area contributed by atoms with Crippen LogP contribution in [0.2, 0.25) is 0 Å². The van der Waals surface area contributed by atoms with Gasteiger partial charge in [0.05, 0.1) is 26.4 Å². The lowest BCUT2D eigenvalue weighted by molar-refractivity contribution is -0.163. The highest BCUT2D eigenvalue weighted by atomic mass is 16.8. The molecule has 0 aromatic rings. The molecule has 0 spiro atoms. The number of carbonyl (C=O) groups excluding carboxylic acids is 4. The summed E-state index contributed by atoms with van der Waals surface area (Å²) in [6.45, 7) is 7.89. The Bertz CT molecular complexity index is 943. The molecule has 2 rings (SSSR count). The summed E-state index contributed by atoms with van der Waals surface area (Å²) in [5, 5.41) is 0. The van der Waals surface area contributed by atoms with Crippen LogP contribution in [0.25, 0.3) is 0 Å². The molecular formula is C44H79NO10. The van der Waals surface area contributed by atoms with Crippen LogP contribution in [0.1, 0.15) is 187 Å². The van der Waals surface area contributed by atoms with Gasteiger partial charge >= 0.3 is 23.9 Å². The van der Waals surface area contributed by atoms with E-state index >= 15 is 0 Å². The van der Waals surface area contributed by atoms with Crippen LogP contribution in [0.5, 0.6) is 0 Å². The molecule has 3 unspecified atom stereocenters. The second-order valence-corrected chi connectivity index (χ2v) is 15.9. The third-order valence-corrected chi connectivity index (χ3v) is 10.6. The van der Waals surface area contributed by atoms with Gasteiger partial charge in [-0.15, -0.1) is 0 Å². The summed E-state index contributed by atoms with van der Waals surface area (Å²) in [5.41, 5.74) is 0. The fourth-order valence-corrected chi connectivity index (χ4v) is 7.30. The third-order valence-electron chi connectivity index (χ3n) is 10.6. The van der Waals surface area contributed by atoms with E-state index in [1.165, 1.54) is 51.4 Å². The first-order valence-corrected chi connectivity index (χ1v) is 22.5. The van der Waals surface area contributed by atoms with Gasteiger partial charge in [-0.05, 0) is 70.9 Å². The molecule has 0 saturated carbocycles. The van der Waals surface area contributed by atoms with E-state index in [2.05, 4.69) is 25.8 Å². The van der Waals surface area contributed by atoms with Gasteiger partial charge in [-0.3, -0.25) is 9.59 Å². The first-order chi connectivity index (χ1) is 26.8. The van der Waals surface area contributed by atoms with Crippen LogP contribution in [0.3, 0.4) is 0 Å². The number of ether oxygens (including phenoxy) is 6. The Labute approximate surface area is 334 Å². The number of unbranched alkanes of at least 4 members (excludes halogenated alkanes) is 18. The fourth-order valence-electron chi connectivity index (χ4n) is 7.30. The number of likely N-dealkylation sites (tertiary alicyclic amines) is 1. The molecule has 0 N–H and O–H groups in total. The highest BCUT2D eigenvalue weighted by molar-refractivity contribution is 5.86. The van der Waals surface area contributed by atoms with E-state index in [1.807, 2.05) is 0 Å². The van der Waals surface area contributed by atoms with Gasteiger partial charge in [-0.1, -0.05) is 117 Å².